The number of rotatable bonds is 2. The third kappa shape index (κ3) is 1.52. The summed E-state index contributed by atoms with van der Waals surface area (Å²) in [5, 5.41) is 8.01. The molecule has 4 nitrogen and oxygen atoms in total. The molecule has 0 saturated carbocycles. The van der Waals surface area contributed by atoms with Gasteiger partial charge in [0.1, 0.15) is 0 Å². The second kappa shape index (κ2) is 3.48. The third-order valence-electron chi connectivity index (χ3n) is 3.50. The van der Waals surface area contributed by atoms with Gasteiger partial charge in [0.2, 0.25) is 0 Å². The van der Waals surface area contributed by atoms with Gasteiger partial charge in [0, 0.05) is 25.2 Å². The zero-order valence-electron chi connectivity index (χ0n) is 11.1. The summed E-state index contributed by atoms with van der Waals surface area (Å²) in [6, 6.07) is 0.424. The van der Waals surface area contributed by atoms with Crippen LogP contribution >= 0.6 is 0 Å². The number of hydrogen-bond acceptors (Lipinski definition) is 3. The molecule has 16 heavy (non-hydrogen) atoms. The van der Waals surface area contributed by atoms with Crippen LogP contribution in [0.3, 0.4) is 0 Å². The Morgan fingerprint density at radius 1 is 1.31 bits per heavy atom. The van der Waals surface area contributed by atoms with Crippen molar-refractivity contribution in [1.29, 1.82) is 0 Å². The molecule has 0 atom stereocenters. The Hall–Kier alpha value is -1.03. The number of aromatic nitrogens is 2. The zero-order chi connectivity index (χ0) is 12.1. The maximum Gasteiger partial charge on any atom is 0.153 e. The lowest BCUT2D eigenvalue weighted by molar-refractivity contribution is 0.169. The van der Waals surface area contributed by atoms with Gasteiger partial charge in [-0.1, -0.05) is 0 Å². The van der Waals surface area contributed by atoms with Gasteiger partial charge < -0.3 is 5.32 Å². The number of fused-ring (bicyclic) bond motifs is 1. The van der Waals surface area contributed by atoms with Crippen molar-refractivity contribution < 1.29 is 0 Å². The molecule has 0 radical (unpaired) electrons. The summed E-state index contributed by atoms with van der Waals surface area (Å²) in [6.07, 6.45) is 0. The smallest absolute Gasteiger partial charge is 0.153 e. The Morgan fingerprint density at radius 3 is 2.50 bits per heavy atom. The van der Waals surface area contributed by atoms with E-state index in [1.54, 1.807) is 0 Å². The molecule has 1 N–H and O–H groups in total. The van der Waals surface area contributed by atoms with Crippen LogP contribution in [0.25, 0.3) is 0 Å². The average Bonchev–Trinajstić information content (AvgIpc) is 2.52. The molecule has 1 aromatic heterocycles. The van der Waals surface area contributed by atoms with Crippen LogP contribution in [0.1, 0.15) is 39.0 Å². The predicted molar refractivity (Wildman–Crippen MR) is 66.5 cm³/mol. The second-order valence-corrected chi connectivity index (χ2v) is 5.51. The first-order valence-electron chi connectivity index (χ1n) is 5.88. The fourth-order valence-electron chi connectivity index (χ4n) is 2.49. The van der Waals surface area contributed by atoms with Crippen LogP contribution in [0.15, 0.2) is 0 Å². The molecule has 0 amide bonds. The van der Waals surface area contributed by atoms with Crippen LogP contribution in [0.2, 0.25) is 0 Å². The quantitative estimate of drug-likeness (QED) is 0.830. The summed E-state index contributed by atoms with van der Waals surface area (Å²) < 4.78 is 2.02. The molecule has 0 spiro atoms. The van der Waals surface area contributed by atoms with Crippen LogP contribution in [0, 0.1) is 0 Å². The Bertz CT molecular complexity index is 403. The molecule has 2 rings (SSSR count). The van der Waals surface area contributed by atoms with Crippen molar-refractivity contribution in [3.05, 3.63) is 11.3 Å². The van der Waals surface area contributed by atoms with Crippen molar-refractivity contribution in [2.24, 2.45) is 7.05 Å². The Balaban J connectivity index is 2.46. The molecule has 0 aromatic carbocycles. The van der Waals surface area contributed by atoms with Gasteiger partial charge >= 0.3 is 0 Å². The largest absolute Gasteiger partial charge is 0.366 e. The summed E-state index contributed by atoms with van der Waals surface area (Å²) in [4.78, 5) is 2.37. The van der Waals surface area contributed by atoms with Gasteiger partial charge in [-0.2, -0.15) is 5.10 Å². The number of nitrogens with one attached hydrogen (secondary N) is 1. The molecule has 0 saturated heterocycles. The lowest BCUT2D eigenvalue weighted by Crippen LogP contribution is -2.33. The lowest BCUT2D eigenvalue weighted by Gasteiger charge is -2.28. The summed E-state index contributed by atoms with van der Waals surface area (Å²) in [5.41, 5.74) is 2.76. The minimum atomic E-state index is 0.0774. The minimum Gasteiger partial charge on any atom is -0.366 e. The van der Waals surface area contributed by atoms with Crippen molar-refractivity contribution in [2.75, 3.05) is 12.4 Å². The second-order valence-electron chi connectivity index (χ2n) is 5.51. The maximum atomic E-state index is 4.58. The number of aryl methyl sites for hydroxylation is 1. The number of anilines is 1. The van der Waals surface area contributed by atoms with Crippen molar-refractivity contribution in [1.82, 2.24) is 14.7 Å². The predicted octanol–water partition coefficient (Wildman–Crippen LogP) is 1.92. The van der Waals surface area contributed by atoms with E-state index in [4.69, 9.17) is 0 Å². The molecule has 1 aliphatic heterocycles. The van der Waals surface area contributed by atoms with E-state index in [0.717, 1.165) is 12.4 Å². The van der Waals surface area contributed by atoms with Crippen LogP contribution in [-0.4, -0.2) is 27.8 Å². The zero-order valence-corrected chi connectivity index (χ0v) is 11.1. The highest BCUT2D eigenvalue weighted by atomic mass is 15.4. The van der Waals surface area contributed by atoms with Gasteiger partial charge in [-0.15, -0.1) is 0 Å². The van der Waals surface area contributed by atoms with Crippen LogP contribution in [-0.2, 0) is 19.1 Å². The summed E-state index contributed by atoms with van der Waals surface area (Å²) >= 11 is 0. The van der Waals surface area contributed by atoms with E-state index < -0.39 is 0 Å². The topological polar surface area (TPSA) is 33.1 Å². The highest BCUT2D eigenvalue weighted by Gasteiger charge is 2.40. The molecule has 0 bridgehead atoms. The van der Waals surface area contributed by atoms with E-state index >= 15 is 0 Å². The molecule has 4 heteroatoms. The van der Waals surface area contributed by atoms with Crippen molar-refractivity contribution in [3.8, 4) is 0 Å². The van der Waals surface area contributed by atoms with E-state index in [0.29, 0.717) is 6.04 Å². The normalized spacial score (nSPS) is 19.2. The molecule has 1 aromatic rings. The van der Waals surface area contributed by atoms with E-state index in [1.807, 2.05) is 11.7 Å². The average molecular weight is 222 g/mol. The molecule has 0 unspecified atom stereocenters. The molecular weight excluding hydrogens is 200 g/mol. The Labute approximate surface area is 97.6 Å². The molecule has 1 aliphatic rings. The number of hydrogen-bond donors (Lipinski definition) is 1. The fourth-order valence-corrected chi connectivity index (χ4v) is 2.49. The Kier molecular flexibility index (Phi) is 2.49. The molecular formula is C12H22N4. The van der Waals surface area contributed by atoms with Crippen LogP contribution < -0.4 is 5.32 Å². The SMILES string of the molecule is CC(C)Nc1nn(C)c2c1CN(C)C2(C)C. The monoisotopic (exact) mass is 222 g/mol. The highest BCUT2D eigenvalue weighted by Crippen LogP contribution is 2.40. The summed E-state index contributed by atoms with van der Waals surface area (Å²) in [7, 11) is 4.20. The molecule has 2 heterocycles. The van der Waals surface area contributed by atoms with E-state index in [2.05, 4.69) is 50.1 Å². The van der Waals surface area contributed by atoms with Gasteiger partial charge in [0.25, 0.3) is 0 Å². The summed E-state index contributed by atoms with van der Waals surface area (Å²) in [5.74, 6) is 1.05. The molecule has 0 aliphatic carbocycles. The van der Waals surface area contributed by atoms with E-state index in [-0.39, 0.29) is 5.54 Å². The summed E-state index contributed by atoms with van der Waals surface area (Å²) in [6.45, 7) is 9.76. The third-order valence-corrected chi connectivity index (χ3v) is 3.50. The van der Waals surface area contributed by atoms with Gasteiger partial charge in [-0.05, 0) is 34.7 Å². The first kappa shape index (κ1) is 11.5. The van der Waals surface area contributed by atoms with Crippen LogP contribution in [0.5, 0.6) is 0 Å². The highest BCUT2D eigenvalue weighted by molar-refractivity contribution is 5.51. The first-order valence-corrected chi connectivity index (χ1v) is 5.88. The van der Waals surface area contributed by atoms with E-state index in [9.17, 15) is 0 Å². The number of nitrogens with zero attached hydrogens (tertiary/aromatic N) is 3. The van der Waals surface area contributed by atoms with Gasteiger partial charge in [0.05, 0.1) is 11.2 Å². The fraction of sp³-hybridized carbons (Fsp3) is 0.750. The maximum absolute atomic E-state index is 4.58. The van der Waals surface area contributed by atoms with Gasteiger partial charge in [0.15, 0.2) is 5.82 Å². The molecule has 90 valence electrons. The lowest BCUT2D eigenvalue weighted by atomic mass is 10.0. The standard InChI is InChI=1S/C12H22N4/c1-8(2)13-11-9-7-15(5)12(3,4)10(9)16(6)14-11/h8H,7H2,1-6H3,(H,13,14). The van der Waals surface area contributed by atoms with Crippen LogP contribution in [0.4, 0.5) is 5.82 Å². The first-order chi connectivity index (χ1) is 7.34. The van der Waals surface area contributed by atoms with Crippen molar-refractivity contribution in [3.63, 3.8) is 0 Å². The molecule has 0 fully saturated rings. The van der Waals surface area contributed by atoms with Crippen molar-refractivity contribution in [2.45, 2.75) is 45.8 Å². The van der Waals surface area contributed by atoms with Gasteiger partial charge in [-0.3, -0.25) is 9.58 Å². The van der Waals surface area contributed by atoms with E-state index in [1.165, 1.54) is 11.3 Å². The minimum absolute atomic E-state index is 0.0774. The van der Waals surface area contributed by atoms with Gasteiger partial charge in [-0.25, -0.2) is 0 Å². The Morgan fingerprint density at radius 2 is 1.94 bits per heavy atom. The van der Waals surface area contributed by atoms with Crippen molar-refractivity contribution >= 4 is 5.82 Å².